The molecule has 1 atom stereocenters. The van der Waals surface area contributed by atoms with E-state index in [1.54, 1.807) is 12.0 Å². The van der Waals surface area contributed by atoms with Gasteiger partial charge in [-0.05, 0) is 54.2 Å². The fourth-order valence-corrected chi connectivity index (χ4v) is 4.16. The number of methoxy groups -OCH3 is 1. The normalized spacial score (nSPS) is 16.4. The van der Waals surface area contributed by atoms with Gasteiger partial charge in [0.2, 0.25) is 6.79 Å². The molecule has 154 valence electrons. The lowest BCUT2D eigenvalue weighted by Gasteiger charge is -2.26. The van der Waals surface area contributed by atoms with Crippen LogP contribution in [0.2, 0.25) is 0 Å². The molecule has 7 heteroatoms. The molecular weight excluding hydrogens is 386 g/mol. The first kappa shape index (κ1) is 19.8. The van der Waals surface area contributed by atoms with Crippen LogP contribution in [0.15, 0.2) is 42.5 Å². The minimum Gasteiger partial charge on any atom is -0.497 e. The second-order valence-corrected chi connectivity index (χ2v) is 7.85. The summed E-state index contributed by atoms with van der Waals surface area (Å²) >= 11 is 5.53. The number of hydrogen-bond donors (Lipinski definition) is 3. The van der Waals surface area contributed by atoms with Crippen molar-refractivity contribution in [2.24, 2.45) is 0 Å². The maximum atomic E-state index is 5.53. The molecule has 0 radical (unpaired) electrons. The molecule has 1 saturated heterocycles. The molecule has 0 saturated carbocycles. The van der Waals surface area contributed by atoms with Gasteiger partial charge >= 0.3 is 0 Å². The summed E-state index contributed by atoms with van der Waals surface area (Å²) in [7, 11) is 1.70. The number of fused-ring (bicyclic) bond motifs is 1. The lowest BCUT2D eigenvalue weighted by molar-refractivity contribution is -0.918. The van der Waals surface area contributed by atoms with Crippen molar-refractivity contribution >= 4 is 17.3 Å². The molecule has 1 fully saturated rings. The predicted molar refractivity (Wildman–Crippen MR) is 116 cm³/mol. The minimum atomic E-state index is 0.289. The third kappa shape index (κ3) is 4.92. The van der Waals surface area contributed by atoms with Crippen LogP contribution < -0.4 is 29.7 Å². The van der Waals surface area contributed by atoms with Crippen LogP contribution in [0.1, 0.15) is 30.0 Å². The number of quaternary nitrogens is 1. The molecule has 0 bridgehead atoms. The van der Waals surface area contributed by atoms with Crippen LogP contribution in [0, 0.1) is 0 Å². The Balaban J connectivity index is 1.33. The summed E-state index contributed by atoms with van der Waals surface area (Å²) in [6, 6.07) is 14.7. The van der Waals surface area contributed by atoms with E-state index in [2.05, 4.69) is 22.8 Å². The highest BCUT2D eigenvalue weighted by Gasteiger charge is 2.27. The highest BCUT2D eigenvalue weighted by atomic mass is 32.1. The van der Waals surface area contributed by atoms with Crippen LogP contribution in [-0.2, 0) is 6.54 Å². The van der Waals surface area contributed by atoms with Crippen LogP contribution >= 0.6 is 12.2 Å². The van der Waals surface area contributed by atoms with Crippen molar-refractivity contribution < 1.29 is 19.1 Å². The van der Waals surface area contributed by atoms with Gasteiger partial charge in [0.15, 0.2) is 16.6 Å². The van der Waals surface area contributed by atoms with Gasteiger partial charge in [0.1, 0.15) is 11.8 Å². The Kier molecular flexibility index (Phi) is 6.36. The van der Waals surface area contributed by atoms with Crippen molar-refractivity contribution in [3.8, 4) is 17.2 Å². The van der Waals surface area contributed by atoms with Crippen LogP contribution in [0.25, 0.3) is 0 Å². The van der Waals surface area contributed by atoms with Gasteiger partial charge in [-0.15, -0.1) is 0 Å². The molecule has 0 aromatic heterocycles. The second kappa shape index (κ2) is 9.33. The summed E-state index contributed by atoms with van der Waals surface area (Å²) in [5.74, 6) is 2.48. The molecule has 0 spiro atoms. The lowest BCUT2D eigenvalue weighted by atomic mass is 10.1. The molecule has 29 heavy (non-hydrogen) atoms. The molecule has 0 unspecified atom stereocenters. The summed E-state index contributed by atoms with van der Waals surface area (Å²) in [6.07, 6.45) is 2.57. The monoisotopic (exact) mass is 414 g/mol. The van der Waals surface area contributed by atoms with Crippen LogP contribution in [0.4, 0.5) is 0 Å². The van der Waals surface area contributed by atoms with Crippen molar-refractivity contribution in [2.75, 3.05) is 33.5 Å². The van der Waals surface area contributed by atoms with Crippen molar-refractivity contribution in [3.63, 3.8) is 0 Å². The third-order valence-electron chi connectivity index (χ3n) is 5.61. The fourth-order valence-electron chi connectivity index (χ4n) is 4.00. The van der Waals surface area contributed by atoms with Gasteiger partial charge in [-0.1, -0.05) is 6.07 Å². The predicted octanol–water partition coefficient (Wildman–Crippen LogP) is 1.81. The van der Waals surface area contributed by atoms with E-state index in [-0.39, 0.29) is 6.79 Å². The Morgan fingerprint density at radius 1 is 1.07 bits per heavy atom. The Morgan fingerprint density at radius 2 is 1.83 bits per heavy atom. The topological polar surface area (TPSA) is 56.2 Å². The largest absolute Gasteiger partial charge is 0.497 e. The Labute approximate surface area is 177 Å². The summed E-state index contributed by atoms with van der Waals surface area (Å²) in [4.78, 5) is 1.61. The maximum absolute atomic E-state index is 5.53. The molecule has 2 aromatic rings. The molecule has 3 N–H and O–H groups in total. The number of benzene rings is 2. The molecule has 2 aromatic carbocycles. The first-order valence-corrected chi connectivity index (χ1v) is 10.5. The van der Waals surface area contributed by atoms with Gasteiger partial charge in [0.25, 0.3) is 0 Å². The third-order valence-corrected chi connectivity index (χ3v) is 5.90. The molecule has 2 aliphatic rings. The van der Waals surface area contributed by atoms with E-state index in [4.69, 9.17) is 26.4 Å². The van der Waals surface area contributed by atoms with Gasteiger partial charge in [-0.25, -0.2) is 0 Å². The van der Waals surface area contributed by atoms with E-state index < -0.39 is 0 Å². The van der Waals surface area contributed by atoms with Crippen molar-refractivity contribution in [2.45, 2.75) is 25.4 Å². The van der Waals surface area contributed by atoms with E-state index in [9.17, 15) is 0 Å². The first-order chi connectivity index (χ1) is 14.2. The number of ether oxygens (including phenoxy) is 3. The zero-order chi connectivity index (χ0) is 20.1. The molecule has 4 rings (SSSR count). The van der Waals surface area contributed by atoms with E-state index in [0.29, 0.717) is 17.7 Å². The summed E-state index contributed by atoms with van der Waals surface area (Å²) < 4.78 is 16.1. The summed E-state index contributed by atoms with van der Waals surface area (Å²) in [5, 5.41) is 7.39. The average Bonchev–Trinajstić information content (AvgIpc) is 3.44. The summed E-state index contributed by atoms with van der Waals surface area (Å²) in [6.45, 7) is 4.14. The Hall–Kier alpha value is -2.51. The molecule has 0 amide bonds. The van der Waals surface area contributed by atoms with Crippen LogP contribution in [0.3, 0.4) is 0 Å². The number of rotatable bonds is 7. The van der Waals surface area contributed by atoms with Gasteiger partial charge in [0, 0.05) is 24.9 Å². The van der Waals surface area contributed by atoms with Gasteiger partial charge in [0.05, 0.1) is 26.7 Å². The second-order valence-electron chi connectivity index (χ2n) is 7.44. The smallest absolute Gasteiger partial charge is 0.231 e. The molecule has 2 aliphatic heterocycles. The quantitative estimate of drug-likeness (QED) is 0.601. The van der Waals surface area contributed by atoms with Crippen molar-refractivity contribution in [3.05, 3.63) is 53.6 Å². The highest BCUT2D eigenvalue weighted by molar-refractivity contribution is 7.80. The Morgan fingerprint density at radius 3 is 2.59 bits per heavy atom. The average molecular weight is 415 g/mol. The zero-order valence-electron chi connectivity index (χ0n) is 16.7. The number of hydrogen-bond acceptors (Lipinski definition) is 4. The summed E-state index contributed by atoms with van der Waals surface area (Å²) in [5.41, 5.74) is 2.42. The van der Waals surface area contributed by atoms with E-state index in [0.717, 1.165) is 29.4 Å². The minimum absolute atomic E-state index is 0.289. The van der Waals surface area contributed by atoms with Gasteiger partial charge in [-0.3, -0.25) is 0 Å². The van der Waals surface area contributed by atoms with E-state index in [1.165, 1.54) is 31.5 Å². The van der Waals surface area contributed by atoms with E-state index in [1.807, 2.05) is 30.3 Å². The standard InChI is InChI=1S/C22H27N3O3S/c1-26-18-7-5-17(6-8-18)19(25-10-2-3-11-25)14-24-22(29)23-13-16-4-9-20-21(12-16)28-15-27-20/h4-9,12,19H,2-3,10-11,13-15H2,1H3,(H2,23,24,29)/p+1/t19-/m1/s1. The van der Waals surface area contributed by atoms with E-state index >= 15 is 0 Å². The molecule has 0 aliphatic carbocycles. The zero-order valence-corrected chi connectivity index (χ0v) is 17.5. The highest BCUT2D eigenvalue weighted by Crippen LogP contribution is 2.32. The number of likely N-dealkylation sites (tertiary alicyclic amines) is 1. The van der Waals surface area contributed by atoms with Crippen LogP contribution in [-0.4, -0.2) is 38.6 Å². The Bertz CT molecular complexity index is 838. The lowest BCUT2D eigenvalue weighted by Crippen LogP contribution is -3.11. The van der Waals surface area contributed by atoms with Crippen molar-refractivity contribution in [1.29, 1.82) is 0 Å². The molecular formula is C22H28N3O3S+. The molecule has 6 nitrogen and oxygen atoms in total. The van der Waals surface area contributed by atoms with Gasteiger partial charge < -0.3 is 29.7 Å². The molecule has 2 heterocycles. The fraction of sp³-hybridized carbons (Fsp3) is 0.409. The first-order valence-electron chi connectivity index (χ1n) is 10.1. The van der Waals surface area contributed by atoms with Gasteiger partial charge in [-0.2, -0.15) is 0 Å². The number of nitrogens with one attached hydrogen (secondary N) is 3. The maximum Gasteiger partial charge on any atom is 0.231 e. The number of thiocarbonyl (C=S) groups is 1. The SMILES string of the molecule is COc1ccc([C@@H](CNC(=S)NCc2ccc3c(c2)OCO3)[NH+]2CCCC2)cc1. The van der Waals surface area contributed by atoms with Crippen molar-refractivity contribution in [1.82, 2.24) is 10.6 Å². The van der Waals surface area contributed by atoms with Crippen LogP contribution in [0.5, 0.6) is 17.2 Å².